The molecule has 0 aliphatic rings. The molecule has 0 unspecified atom stereocenters. The Bertz CT molecular complexity index is 1160. The van der Waals surface area contributed by atoms with Crippen molar-refractivity contribution in [2.75, 3.05) is 13.2 Å². The van der Waals surface area contributed by atoms with Crippen molar-refractivity contribution in [1.29, 1.82) is 0 Å². The van der Waals surface area contributed by atoms with Gasteiger partial charge in [0.05, 0.1) is 12.2 Å². The molecule has 0 spiro atoms. The van der Waals surface area contributed by atoms with Gasteiger partial charge >= 0.3 is 0 Å². The van der Waals surface area contributed by atoms with Crippen LogP contribution in [0.1, 0.15) is 59.8 Å². The van der Waals surface area contributed by atoms with Crippen LogP contribution in [-0.2, 0) is 24.2 Å². The maximum atomic E-state index is 12.7. The highest BCUT2D eigenvalue weighted by atomic mass is 16.5. The predicted molar refractivity (Wildman–Crippen MR) is 146 cm³/mol. The van der Waals surface area contributed by atoms with Gasteiger partial charge in [0.2, 0.25) is 5.91 Å². The van der Waals surface area contributed by atoms with Gasteiger partial charge in [0, 0.05) is 19.5 Å². The number of phenols is 1. The van der Waals surface area contributed by atoms with E-state index in [9.17, 15) is 14.7 Å². The Morgan fingerprint density at radius 2 is 1.68 bits per heavy atom. The van der Waals surface area contributed by atoms with Gasteiger partial charge in [0.25, 0.3) is 5.91 Å². The maximum Gasteiger partial charge on any atom is 0.255 e. The van der Waals surface area contributed by atoms with Crippen LogP contribution < -0.4 is 15.4 Å². The van der Waals surface area contributed by atoms with Gasteiger partial charge in [0.1, 0.15) is 17.2 Å². The number of rotatable bonds is 11. The van der Waals surface area contributed by atoms with Crippen LogP contribution in [0.2, 0.25) is 0 Å². The molecule has 0 bridgehead atoms. The molecule has 7 nitrogen and oxygen atoms in total. The lowest BCUT2D eigenvalue weighted by Crippen LogP contribution is -2.26. The first kappa shape index (κ1) is 29.4. The third kappa shape index (κ3) is 8.95. The second-order valence-electron chi connectivity index (χ2n) is 8.28. The van der Waals surface area contributed by atoms with E-state index in [0.717, 1.165) is 28.7 Å². The Hall–Kier alpha value is -3.84. The molecule has 0 aliphatic carbocycles. The molecule has 0 aromatic heterocycles. The highest BCUT2D eigenvalue weighted by molar-refractivity contribution is 5.97. The van der Waals surface area contributed by atoms with Crippen LogP contribution in [0, 0.1) is 6.92 Å². The lowest BCUT2D eigenvalue weighted by molar-refractivity contribution is -0.121. The van der Waals surface area contributed by atoms with Gasteiger partial charge in [-0.1, -0.05) is 63.2 Å². The topological polar surface area (TPSA) is 108 Å². The van der Waals surface area contributed by atoms with Crippen molar-refractivity contribution in [2.45, 2.75) is 53.5 Å². The number of amides is 2. The lowest BCUT2D eigenvalue weighted by atomic mass is 10.00. The molecule has 0 radical (unpaired) electrons. The highest BCUT2D eigenvalue weighted by Gasteiger charge is 2.15. The van der Waals surface area contributed by atoms with Gasteiger partial charge in [-0.3, -0.25) is 9.59 Å². The smallest absolute Gasteiger partial charge is 0.255 e. The van der Waals surface area contributed by atoms with Crippen LogP contribution in [0.5, 0.6) is 17.2 Å². The molecule has 37 heavy (non-hydrogen) atoms. The van der Waals surface area contributed by atoms with Crippen LogP contribution in [-0.4, -0.2) is 35.2 Å². The molecule has 0 fully saturated rings. The number of aromatic hydroxyl groups is 1. The minimum Gasteiger partial charge on any atom is -0.507 e. The largest absolute Gasteiger partial charge is 0.507 e. The van der Waals surface area contributed by atoms with Crippen molar-refractivity contribution >= 4 is 11.8 Å². The Morgan fingerprint density at radius 1 is 0.946 bits per heavy atom. The van der Waals surface area contributed by atoms with Crippen molar-refractivity contribution in [3.8, 4) is 17.2 Å². The van der Waals surface area contributed by atoms with E-state index in [2.05, 4.69) is 10.6 Å². The molecular formula is C30H38N2O5. The van der Waals surface area contributed by atoms with Crippen LogP contribution in [0.15, 0.2) is 60.7 Å². The molecule has 2 amide bonds. The number of nitrogens with one attached hydrogen (secondary N) is 2. The Kier molecular flexibility index (Phi) is 12.2. The summed E-state index contributed by atoms with van der Waals surface area (Å²) in [5.41, 5.74) is 4.02. The first-order valence-electron chi connectivity index (χ1n) is 12.7. The number of aliphatic hydroxyl groups excluding tert-OH is 1. The summed E-state index contributed by atoms with van der Waals surface area (Å²) in [6, 6.07) is 18.2. The zero-order valence-corrected chi connectivity index (χ0v) is 22.1. The fourth-order valence-electron chi connectivity index (χ4n) is 3.77. The summed E-state index contributed by atoms with van der Waals surface area (Å²) in [7, 11) is 0. The van der Waals surface area contributed by atoms with E-state index in [1.54, 1.807) is 6.07 Å². The van der Waals surface area contributed by atoms with E-state index in [-0.39, 0.29) is 36.3 Å². The monoisotopic (exact) mass is 506 g/mol. The number of hydrogen-bond donors (Lipinski definition) is 4. The van der Waals surface area contributed by atoms with Gasteiger partial charge < -0.3 is 25.6 Å². The summed E-state index contributed by atoms with van der Waals surface area (Å²) in [5.74, 6) is 0.533. The van der Waals surface area contributed by atoms with E-state index in [0.29, 0.717) is 30.9 Å². The van der Waals surface area contributed by atoms with Crippen LogP contribution in [0.3, 0.4) is 0 Å². The fraction of sp³-hybridized carbons (Fsp3) is 0.333. The van der Waals surface area contributed by atoms with Crippen molar-refractivity contribution in [2.24, 2.45) is 0 Å². The molecule has 0 saturated heterocycles. The van der Waals surface area contributed by atoms with Gasteiger partial charge in [-0.05, 0) is 60.2 Å². The zero-order chi connectivity index (χ0) is 27.2. The molecule has 4 N–H and O–H groups in total. The summed E-state index contributed by atoms with van der Waals surface area (Å²) in [4.78, 5) is 24.6. The number of ether oxygens (including phenoxy) is 1. The van der Waals surface area contributed by atoms with Gasteiger partial charge in [-0.2, -0.15) is 0 Å². The van der Waals surface area contributed by atoms with Crippen LogP contribution in [0.25, 0.3) is 0 Å². The summed E-state index contributed by atoms with van der Waals surface area (Å²) < 4.78 is 6.18. The molecule has 3 aromatic rings. The summed E-state index contributed by atoms with van der Waals surface area (Å²) in [5, 5.41) is 24.6. The molecule has 0 heterocycles. The Morgan fingerprint density at radius 3 is 2.35 bits per heavy atom. The first-order chi connectivity index (χ1) is 17.9. The van der Waals surface area contributed by atoms with Crippen LogP contribution >= 0.6 is 0 Å². The number of hydrogen-bond acceptors (Lipinski definition) is 5. The molecule has 0 saturated carbocycles. The summed E-state index contributed by atoms with van der Waals surface area (Å²) in [6.07, 6.45) is 1.64. The molecule has 198 valence electrons. The quantitative estimate of drug-likeness (QED) is 0.291. The van der Waals surface area contributed by atoms with Gasteiger partial charge in [-0.25, -0.2) is 0 Å². The van der Waals surface area contributed by atoms with Crippen LogP contribution in [0.4, 0.5) is 0 Å². The Labute approximate surface area is 219 Å². The van der Waals surface area contributed by atoms with E-state index in [4.69, 9.17) is 9.84 Å². The number of aryl methyl sites for hydroxylation is 3. The average Bonchev–Trinajstić information content (AvgIpc) is 2.93. The predicted octanol–water partition coefficient (Wildman–Crippen LogP) is 5.05. The van der Waals surface area contributed by atoms with E-state index in [1.807, 2.05) is 70.2 Å². The van der Waals surface area contributed by atoms with E-state index < -0.39 is 0 Å². The second kappa shape index (κ2) is 15.3. The second-order valence-corrected chi connectivity index (χ2v) is 8.28. The number of carbonyl (C=O) groups excluding carboxylic acids is 2. The number of phenolic OH excluding ortho intramolecular Hbond substituents is 1. The fourth-order valence-corrected chi connectivity index (χ4v) is 3.77. The molecule has 0 atom stereocenters. The minimum absolute atomic E-state index is 0.0788. The van der Waals surface area contributed by atoms with Gasteiger partial charge in [-0.15, -0.1) is 0 Å². The first-order valence-corrected chi connectivity index (χ1v) is 12.7. The highest BCUT2D eigenvalue weighted by Crippen LogP contribution is 2.33. The lowest BCUT2D eigenvalue weighted by Gasteiger charge is -2.16. The number of carbonyl (C=O) groups is 2. The third-order valence-corrected chi connectivity index (χ3v) is 5.60. The number of benzene rings is 3. The van der Waals surface area contributed by atoms with Crippen molar-refractivity contribution in [1.82, 2.24) is 10.6 Å². The molecule has 3 rings (SSSR count). The molecule has 3 aromatic carbocycles. The minimum atomic E-state index is -0.390. The third-order valence-electron chi connectivity index (χ3n) is 5.60. The van der Waals surface area contributed by atoms with E-state index in [1.165, 1.54) is 12.1 Å². The summed E-state index contributed by atoms with van der Waals surface area (Å²) >= 11 is 0. The molecule has 0 aliphatic heterocycles. The molecule has 7 heteroatoms. The SMILES string of the molecule is CC.CCc1cc(CCC(=O)NCCO)cc(C)c1Oc1ccc(O)c(C(=O)NCc2ccccc2)c1. The Balaban J connectivity index is 0.00000235. The van der Waals surface area contributed by atoms with Gasteiger partial charge in [0.15, 0.2) is 0 Å². The standard InChI is InChI=1S/C28H32N2O5.C2H6/c1-3-22-16-21(9-12-26(33)29-13-14-31)15-19(2)27(22)35-23-10-11-25(32)24(17-23)28(34)30-18-20-7-5-4-6-8-20;1-2/h4-8,10-11,15-17,31-32H,3,9,12-14,18H2,1-2H3,(H,29,33)(H,30,34);1-2H3. The average molecular weight is 507 g/mol. The molecular weight excluding hydrogens is 468 g/mol. The maximum absolute atomic E-state index is 12.7. The van der Waals surface area contributed by atoms with E-state index >= 15 is 0 Å². The number of aliphatic hydroxyl groups is 1. The van der Waals surface area contributed by atoms with Crippen molar-refractivity contribution in [3.63, 3.8) is 0 Å². The zero-order valence-electron chi connectivity index (χ0n) is 22.1. The van der Waals surface area contributed by atoms with Crippen molar-refractivity contribution in [3.05, 3.63) is 88.5 Å². The van der Waals surface area contributed by atoms with Crippen molar-refractivity contribution < 1.29 is 24.5 Å². The summed E-state index contributed by atoms with van der Waals surface area (Å²) in [6.45, 7) is 8.49. The normalized spacial score (nSPS) is 10.2.